The molecule has 2 rings (SSSR count). The molecule has 1 aliphatic heterocycles. The smallest absolute Gasteiger partial charge is 0.317 e. The van der Waals surface area contributed by atoms with Gasteiger partial charge >= 0.3 is 12.0 Å². The molecule has 2 aliphatic rings. The Labute approximate surface area is 126 Å². The summed E-state index contributed by atoms with van der Waals surface area (Å²) >= 11 is 0. The fourth-order valence-electron chi connectivity index (χ4n) is 3.38. The van der Waals surface area contributed by atoms with Crippen LogP contribution in [0.4, 0.5) is 4.79 Å². The summed E-state index contributed by atoms with van der Waals surface area (Å²) in [6.45, 7) is 4.86. The minimum Gasteiger partial charge on any atom is -0.480 e. The van der Waals surface area contributed by atoms with Gasteiger partial charge in [-0.3, -0.25) is 9.69 Å². The second-order valence-corrected chi connectivity index (χ2v) is 6.29. The van der Waals surface area contributed by atoms with E-state index in [2.05, 4.69) is 12.2 Å². The number of hydrogen-bond acceptors (Lipinski definition) is 3. The SMILES string of the molecule is CC(NC(=O)N1CCCN(CC(=O)O)CC1)C1CCCC1. The maximum Gasteiger partial charge on any atom is 0.317 e. The maximum atomic E-state index is 12.3. The van der Waals surface area contributed by atoms with E-state index in [1.165, 1.54) is 25.7 Å². The summed E-state index contributed by atoms with van der Waals surface area (Å²) in [6.07, 6.45) is 5.82. The summed E-state index contributed by atoms with van der Waals surface area (Å²) in [5.74, 6) is -0.188. The van der Waals surface area contributed by atoms with E-state index in [0.29, 0.717) is 25.6 Å². The largest absolute Gasteiger partial charge is 0.480 e. The number of nitrogens with zero attached hydrogens (tertiary/aromatic N) is 2. The molecule has 1 saturated heterocycles. The Kier molecular flexibility index (Phi) is 5.85. The molecule has 2 fully saturated rings. The lowest BCUT2D eigenvalue weighted by molar-refractivity contribution is -0.138. The zero-order chi connectivity index (χ0) is 15.2. The molecule has 0 aromatic rings. The van der Waals surface area contributed by atoms with Crippen LogP contribution >= 0.6 is 0 Å². The fraction of sp³-hybridized carbons (Fsp3) is 0.867. The van der Waals surface area contributed by atoms with Gasteiger partial charge in [0.2, 0.25) is 0 Å². The molecule has 0 aromatic carbocycles. The van der Waals surface area contributed by atoms with Crippen molar-refractivity contribution in [3.8, 4) is 0 Å². The molecule has 1 saturated carbocycles. The first kappa shape index (κ1) is 16.1. The predicted molar refractivity (Wildman–Crippen MR) is 80.2 cm³/mol. The van der Waals surface area contributed by atoms with Crippen molar-refractivity contribution in [2.45, 2.75) is 45.1 Å². The van der Waals surface area contributed by atoms with E-state index < -0.39 is 5.97 Å². The first-order chi connectivity index (χ1) is 10.1. The summed E-state index contributed by atoms with van der Waals surface area (Å²) in [4.78, 5) is 26.8. The van der Waals surface area contributed by atoms with Gasteiger partial charge in [0.25, 0.3) is 0 Å². The number of carboxylic acid groups (broad SMARTS) is 1. The summed E-state index contributed by atoms with van der Waals surface area (Å²) in [5, 5.41) is 12.0. The van der Waals surface area contributed by atoms with Gasteiger partial charge in [-0.15, -0.1) is 0 Å². The van der Waals surface area contributed by atoms with Crippen molar-refractivity contribution in [2.24, 2.45) is 5.92 Å². The third-order valence-corrected chi connectivity index (χ3v) is 4.69. The number of carbonyl (C=O) groups is 2. The lowest BCUT2D eigenvalue weighted by Crippen LogP contribution is -2.47. The average molecular weight is 297 g/mol. The van der Waals surface area contributed by atoms with Gasteiger partial charge in [0.1, 0.15) is 0 Å². The number of amides is 2. The normalized spacial score (nSPS) is 22.8. The number of carbonyl (C=O) groups excluding carboxylic acids is 1. The van der Waals surface area contributed by atoms with E-state index in [9.17, 15) is 9.59 Å². The van der Waals surface area contributed by atoms with Gasteiger partial charge in [-0.2, -0.15) is 0 Å². The molecule has 120 valence electrons. The zero-order valence-corrected chi connectivity index (χ0v) is 12.9. The van der Waals surface area contributed by atoms with Gasteiger partial charge in [0, 0.05) is 32.2 Å². The van der Waals surface area contributed by atoms with E-state index in [-0.39, 0.29) is 18.6 Å². The topological polar surface area (TPSA) is 72.9 Å². The Morgan fingerprint density at radius 1 is 1.14 bits per heavy atom. The molecule has 6 nitrogen and oxygen atoms in total. The molecule has 21 heavy (non-hydrogen) atoms. The van der Waals surface area contributed by atoms with Crippen molar-refractivity contribution in [2.75, 3.05) is 32.7 Å². The number of hydrogen-bond donors (Lipinski definition) is 2. The number of nitrogens with one attached hydrogen (secondary N) is 1. The van der Waals surface area contributed by atoms with Crippen molar-refractivity contribution in [1.29, 1.82) is 0 Å². The first-order valence-electron chi connectivity index (χ1n) is 8.06. The van der Waals surface area contributed by atoms with Crippen LogP contribution in [-0.2, 0) is 4.79 Å². The molecule has 1 unspecified atom stereocenters. The van der Waals surface area contributed by atoms with Crippen LogP contribution in [0.15, 0.2) is 0 Å². The van der Waals surface area contributed by atoms with Crippen LogP contribution in [0, 0.1) is 5.92 Å². The van der Waals surface area contributed by atoms with Crippen molar-refractivity contribution in [3.63, 3.8) is 0 Å². The molecule has 0 bridgehead atoms. The van der Waals surface area contributed by atoms with Crippen LogP contribution in [0.1, 0.15) is 39.0 Å². The Balaban J connectivity index is 1.78. The minimum atomic E-state index is -0.803. The summed E-state index contributed by atoms with van der Waals surface area (Å²) < 4.78 is 0. The highest BCUT2D eigenvalue weighted by Crippen LogP contribution is 2.27. The quantitative estimate of drug-likeness (QED) is 0.822. The summed E-state index contributed by atoms with van der Waals surface area (Å²) in [7, 11) is 0. The molecule has 0 radical (unpaired) electrons. The Hall–Kier alpha value is -1.30. The number of urea groups is 1. The Bertz CT molecular complexity index is 369. The van der Waals surface area contributed by atoms with Gasteiger partial charge in [0.15, 0.2) is 0 Å². The van der Waals surface area contributed by atoms with Crippen molar-refractivity contribution < 1.29 is 14.7 Å². The molecule has 1 atom stereocenters. The van der Waals surface area contributed by atoms with Gasteiger partial charge < -0.3 is 15.3 Å². The van der Waals surface area contributed by atoms with Gasteiger partial charge in [0.05, 0.1) is 6.54 Å². The van der Waals surface area contributed by atoms with Gasteiger partial charge in [-0.1, -0.05) is 12.8 Å². The van der Waals surface area contributed by atoms with Crippen LogP contribution in [0.3, 0.4) is 0 Å². The fourth-order valence-corrected chi connectivity index (χ4v) is 3.38. The summed E-state index contributed by atoms with van der Waals surface area (Å²) in [6, 6.07) is 0.241. The second-order valence-electron chi connectivity index (χ2n) is 6.29. The lowest BCUT2D eigenvalue weighted by atomic mass is 10.0. The molecular formula is C15H27N3O3. The minimum absolute atomic E-state index is 0.00609. The van der Waals surface area contributed by atoms with E-state index >= 15 is 0 Å². The van der Waals surface area contributed by atoms with E-state index in [1.54, 1.807) is 0 Å². The molecular weight excluding hydrogens is 270 g/mol. The Morgan fingerprint density at radius 2 is 1.86 bits per heavy atom. The highest BCUT2D eigenvalue weighted by Gasteiger charge is 2.25. The predicted octanol–water partition coefficient (Wildman–Crippen LogP) is 1.37. The average Bonchev–Trinajstić information content (AvgIpc) is 2.86. The third kappa shape index (κ3) is 4.88. The number of aliphatic carboxylic acids is 1. The molecule has 6 heteroatoms. The lowest BCUT2D eigenvalue weighted by Gasteiger charge is -2.26. The maximum absolute atomic E-state index is 12.3. The first-order valence-corrected chi connectivity index (χ1v) is 8.06. The van der Waals surface area contributed by atoms with E-state index in [1.807, 2.05) is 9.80 Å². The third-order valence-electron chi connectivity index (χ3n) is 4.69. The second kappa shape index (κ2) is 7.64. The van der Waals surface area contributed by atoms with Crippen LogP contribution in [0.25, 0.3) is 0 Å². The van der Waals surface area contributed by atoms with Crippen molar-refractivity contribution >= 4 is 12.0 Å². The van der Waals surface area contributed by atoms with Crippen LogP contribution in [-0.4, -0.2) is 65.7 Å². The Morgan fingerprint density at radius 3 is 2.52 bits per heavy atom. The molecule has 0 spiro atoms. The van der Waals surface area contributed by atoms with Crippen LogP contribution < -0.4 is 5.32 Å². The van der Waals surface area contributed by atoms with E-state index in [4.69, 9.17) is 5.11 Å². The molecule has 2 N–H and O–H groups in total. The molecule has 1 aliphatic carbocycles. The van der Waals surface area contributed by atoms with Crippen molar-refractivity contribution in [1.82, 2.24) is 15.1 Å². The summed E-state index contributed by atoms with van der Waals surface area (Å²) in [5.41, 5.74) is 0. The van der Waals surface area contributed by atoms with E-state index in [0.717, 1.165) is 13.0 Å². The molecule has 2 amide bonds. The molecule has 0 aromatic heterocycles. The van der Waals surface area contributed by atoms with Crippen molar-refractivity contribution in [3.05, 3.63) is 0 Å². The number of rotatable bonds is 4. The monoisotopic (exact) mass is 297 g/mol. The van der Waals surface area contributed by atoms with Crippen LogP contribution in [0.2, 0.25) is 0 Å². The van der Waals surface area contributed by atoms with Gasteiger partial charge in [-0.05, 0) is 32.1 Å². The highest BCUT2D eigenvalue weighted by atomic mass is 16.4. The van der Waals surface area contributed by atoms with Crippen LogP contribution in [0.5, 0.6) is 0 Å². The standard InChI is InChI=1S/C15H27N3O3/c1-12(13-5-2-3-6-13)16-15(21)18-8-4-7-17(9-10-18)11-14(19)20/h12-13H,2-11H2,1H3,(H,16,21)(H,19,20). The molecule has 1 heterocycles. The highest BCUT2D eigenvalue weighted by molar-refractivity contribution is 5.74. The van der Waals surface area contributed by atoms with Gasteiger partial charge in [-0.25, -0.2) is 4.79 Å². The zero-order valence-electron chi connectivity index (χ0n) is 12.9. The number of carboxylic acids is 1.